The summed E-state index contributed by atoms with van der Waals surface area (Å²) in [6.45, 7) is 4.94. The number of nitrogen functional groups attached to an aromatic ring is 1. The van der Waals surface area contributed by atoms with Crippen molar-refractivity contribution in [3.8, 4) is 0 Å². The predicted octanol–water partition coefficient (Wildman–Crippen LogP) is 1.08. The van der Waals surface area contributed by atoms with Crippen molar-refractivity contribution in [2.24, 2.45) is 0 Å². The molecule has 0 bridgehead atoms. The second-order valence-corrected chi connectivity index (χ2v) is 5.35. The highest BCUT2D eigenvalue weighted by molar-refractivity contribution is 5.97. The number of carbonyl (C=O) groups is 2. The van der Waals surface area contributed by atoms with Gasteiger partial charge in [-0.3, -0.25) is 4.79 Å². The molecule has 1 aliphatic heterocycles. The summed E-state index contributed by atoms with van der Waals surface area (Å²) in [4.78, 5) is 25.0. The quantitative estimate of drug-likeness (QED) is 0.643. The fourth-order valence-corrected chi connectivity index (χ4v) is 2.64. The molecule has 1 amide bonds. The number of nitrogens with zero attached hydrogens (tertiary/aromatic N) is 1. The number of ether oxygens (including phenoxy) is 1. The maximum absolute atomic E-state index is 11.8. The molecule has 1 unspecified atom stereocenters. The Balaban J connectivity index is 2.23. The smallest absolute Gasteiger partial charge is 0.340 e. The summed E-state index contributed by atoms with van der Waals surface area (Å²) in [5, 5.41) is 2.92. The second kappa shape index (κ2) is 6.03. The lowest BCUT2D eigenvalue weighted by molar-refractivity contribution is -0.119. The van der Waals surface area contributed by atoms with Gasteiger partial charge < -0.3 is 20.7 Å². The lowest BCUT2D eigenvalue weighted by Crippen LogP contribution is -2.35. The summed E-state index contributed by atoms with van der Waals surface area (Å²) in [6, 6.07) is 3.85. The van der Waals surface area contributed by atoms with Crippen LogP contribution in [0, 0.1) is 6.92 Å². The van der Waals surface area contributed by atoms with Gasteiger partial charge in [0.1, 0.15) is 0 Å². The Bertz CT molecular complexity index is 572. The summed E-state index contributed by atoms with van der Waals surface area (Å²) < 4.78 is 4.77. The minimum atomic E-state index is -0.435. The van der Waals surface area contributed by atoms with Crippen molar-refractivity contribution in [3.63, 3.8) is 0 Å². The molecule has 2 rings (SSSR count). The molecule has 0 radical (unpaired) electrons. The Morgan fingerprint density at radius 2 is 2.14 bits per heavy atom. The van der Waals surface area contributed by atoms with Crippen LogP contribution in [0.1, 0.15) is 29.3 Å². The molecule has 1 fully saturated rings. The molecule has 1 aromatic carbocycles. The summed E-state index contributed by atoms with van der Waals surface area (Å²) in [7, 11) is 1.34. The van der Waals surface area contributed by atoms with E-state index >= 15 is 0 Å². The monoisotopic (exact) mass is 291 g/mol. The van der Waals surface area contributed by atoms with E-state index in [0.29, 0.717) is 11.3 Å². The molecule has 114 valence electrons. The van der Waals surface area contributed by atoms with E-state index in [1.165, 1.54) is 14.0 Å². The topological polar surface area (TPSA) is 84.7 Å². The molecule has 0 aliphatic carbocycles. The number of hydrogen-bond acceptors (Lipinski definition) is 5. The number of esters is 1. The normalized spacial score (nSPS) is 17.7. The van der Waals surface area contributed by atoms with Crippen LogP contribution in [0.3, 0.4) is 0 Å². The van der Waals surface area contributed by atoms with Gasteiger partial charge in [-0.05, 0) is 31.0 Å². The zero-order valence-corrected chi connectivity index (χ0v) is 12.6. The van der Waals surface area contributed by atoms with Gasteiger partial charge in [0.15, 0.2) is 0 Å². The van der Waals surface area contributed by atoms with Gasteiger partial charge in [0.05, 0.1) is 12.7 Å². The van der Waals surface area contributed by atoms with Gasteiger partial charge in [-0.1, -0.05) is 0 Å². The van der Waals surface area contributed by atoms with Crippen molar-refractivity contribution in [1.82, 2.24) is 5.32 Å². The number of anilines is 2. The largest absolute Gasteiger partial charge is 0.465 e. The van der Waals surface area contributed by atoms with E-state index in [2.05, 4.69) is 10.2 Å². The molecule has 0 aromatic heterocycles. The molecular formula is C15H21N3O3. The molecule has 1 aromatic rings. The highest BCUT2D eigenvalue weighted by Crippen LogP contribution is 2.28. The van der Waals surface area contributed by atoms with Crippen LogP contribution in [0.15, 0.2) is 12.1 Å². The average molecular weight is 291 g/mol. The van der Waals surface area contributed by atoms with Crippen LogP contribution in [0.5, 0.6) is 0 Å². The van der Waals surface area contributed by atoms with E-state index in [4.69, 9.17) is 10.5 Å². The number of hydrogen-bond donors (Lipinski definition) is 2. The van der Waals surface area contributed by atoms with Gasteiger partial charge in [-0.2, -0.15) is 0 Å². The molecule has 6 heteroatoms. The van der Waals surface area contributed by atoms with Gasteiger partial charge >= 0.3 is 5.97 Å². The number of aryl methyl sites for hydroxylation is 1. The number of methoxy groups -OCH3 is 1. The van der Waals surface area contributed by atoms with Gasteiger partial charge in [-0.25, -0.2) is 4.79 Å². The first-order chi connectivity index (χ1) is 9.92. The van der Waals surface area contributed by atoms with Crippen molar-refractivity contribution in [2.75, 3.05) is 30.8 Å². The molecule has 6 nitrogen and oxygen atoms in total. The average Bonchev–Trinajstić information content (AvgIpc) is 2.88. The van der Waals surface area contributed by atoms with Crippen molar-refractivity contribution in [3.05, 3.63) is 23.3 Å². The molecule has 3 N–H and O–H groups in total. The van der Waals surface area contributed by atoms with Crippen molar-refractivity contribution < 1.29 is 14.3 Å². The van der Waals surface area contributed by atoms with Crippen molar-refractivity contribution in [1.29, 1.82) is 0 Å². The van der Waals surface area contributed by atoms with Crippen LogP contribution >= 0.6 is 0 Å². The van der Waals surface area contributed by atoms with Crippen molar-refractivity contribution >= 4 is 23.3 Å². The fourth-order valence-electron chi connectivity index (χ4n) is 2.64. The van der Waals surface area contributed by atoms with Crippen molar-refractivity contribution in [2.45, 2.75) is 26.3 Å². The molecule has 0 saturated carbocycles. The van der Waals surface area contributed by atoms with E-state index in [0.717, 1.165) is 30.8 Å². The third-order valence-electron chi connectivity index (χ3n) is 3.74. The van der Waals surface area contributed by atoms with Gasteiger partial charge in [0.2, 0.25) is 5.91 Å². The second-order valence-electron chi connectivity index (χ2n) is 5.35. The van der Waals surface area contributed by atoms with Crippen LogP contribution in [-0.4, -0.2) is 38.1 Å². The van der Waals surface area contributed by atoms with Crippen LogP contribution in [0.25, 0.3) is 0 Å². The zero-order chi connectivity index (χ0) is 15.6. The van der Waals surface area contributed by atoms with E-state index < -0.39 is 5.97 Å². The molecular weight excluding hydrogens is 270 g/mol. The van der Waals surface area contributed by atoms with Crippen LogP contribution in [0.2, 0.25) is 0 Å². The van der Waals surface area contributed by atoms with E-state index in [9.17, 15) is 9.59 Å². The minimum Gasteiger partial charge on any atom is -0.465 e. The summed E-state index contributed by atoms with van der Waals surface area (Å²) in [5.74, 6) is -0.458. The molecule has 21 heavy (non-hydrogen) atoms. The molecule has 1 atom stereocenters. The summed E-state index contributed by atoms with van der Waals surface area (Å²) >= 11 is 0. The number of carbonyl (C=O) groups excluding carboxylic acids is 2. The standard InChI is InChI=1S/C15H21N3O3/c1-9-6-12(7-13(14(9)16)15(20)21-3)18-5-4-11(8-18)17-10(2)19/h6-7,11H,4-5,8,16H2,1-3H3,(H,17,19). The van der Waals surface area contributed by atoms with E-state index in [-0.39, 0.29) is 11.9 Å². The number of benzene rings is 1. The number of rotatable bonds is 3. The Labute approximate surface area is 124 Å². The Hall–Kier alpha value is -2.24. The number of amides is 1. The first kappa shape index (κ1) is 15.2. The lowest BCUT2D eigenvalue weighted by atomic mass is 10.1. The highest BCUT2D eigenvalue weighted by Gasteiger charge is 2.25. The van der Waals surface area contributed by atoms with Gasteiger partial charge in [0.25, 0.3) is 0 Å². The maximum Gasteiger partial charge on any atom is 0.340 e. The van der Waals surface area contributed by atoms with Gasteiger partial charge in [-0.15, -0.1) is 0 Å². The number of nitrogens with two attached hydrogens (primary N) is 1. The third-order valence-corrected chi connectivity index (χ3v) is 3.74. The molecule has 1 aliphatic rings. The fraction of sp³-hybridized carbons (Fsp3) is 0.467. The third kappa shape index (κ3) is 3.26. The maximum atomic E-state index is 11.8. The molecule has 0 spiro atoms. The predicted molar refractivity (Wildman–Crippen MR) is 81.4 cm³/mol. The Kier molecular flexibility index (Phi) is 4.35. The first-order valence-electron chi connectivity index (χ1n) is 6.93. The van der Waals surface area contributed by atoms with Crippen LogP contribution in [0.4, 0.5) is 11.4 Å². The Morgan fingerprint density at radius 3 is 2.76 bits per heavy atom. The summed E-state index contributed by atoms with van der Waals surface area (Å²) in [6.07, 6.45) is 0.885. The first-order valence-corrected chi connectivity index (χ1v) is 6.93. The van der Waals surface area contributed by atoms with E-state index in [1.807, 2.05) is 13.0 Å². The van der Waals surface area contributed by atoms with E-state index in [1.54, 1.807) is 6.07 Å². The van der Waals surface area contributed by atoms with Crippen LogP contribution < -0.4 is 16.0 Å². The SMILES string of the molecule is COC(=O)c1cc(N2CCC(NC(C)=O)C2)cc(C)c1N. The lowest BCUT2D eigenvalue weighted by Gasteiger charge is -2.21. The molecule has 1 heterocycles. The zero-order valence-electron chi connectivity index (χ0n) is 12.6. The number of nitrogens with one attached hydrogen (secondary N) is 1. The minimum absolute atomic E-state index is 0.0226. The summed E-state index contributed by atoms with van der Waals surface area (Å²) in [5.41, 5.74) is 8.54. The molecule has 1 saturated heterocycles. The van der Waals surface area contributed by atoms with Crippen LogP contribution in [-0.2, 0) is 9.53 Å². The highest BCUT2D eigenvalue weighted by atomic mass is 16.5. The Morgan fingerprint density at radius 1 is 1.43 bits per heavy atom. The van der Waals surface area contributed by atoms with Gasteiger partial charge in [0, 0.05) is 37.4 Å².